The Bertz CT molecular complexity index is 1380. The first kappa shape index (κ1) is 27.9. The number of aromatic nitrogens is 2. The third-order valence-corrected chi connectivity index (χ3v) is 12.9. The van der Waals surface area contributed by atoms with Gasteiger partial charge in [0.1, 0.15) is 0 Å². The highest BCUT2D eigenvalue weighted by Gasteiger charge is 2.44. The van der Waals surface area contributed by atoms with Crippen molar-refractivity contribution in [3.63, 3.8) is 0 Å². The van der Waals surface area contributed by atoms with Crippen LogP contribution in [0.3, 0.4) is 0 Å². The lowest BCUT2D eigenvalue weighted by atomic mass is 9.82. The van der Waals surface area contributed by atoms with Crippen molar-refractivity contribution >= 4 is 22.7 Å². The quantitative estimate of drug-likeness (QED) is 0.214. The van der Waals surface area contributed by atoms with Crippen LogP contribution < -0.4 is 0 Å². The third kappa shape index (κ3) is 5.39. The zero-order valence-corrected chi connectivity index (χ0v) is 26.2. The van der Waals surface area contributed by atoms with Gasteiger partial charge in [0.15, 0.2) is 0 Å². The minimum atomic E-state index is -0.379. The van der Waals surface area contributed by atoms with Crippen LogP contribution in [-0.4, -0.2) is 26.4 Å². The second-order valence-electron chi connectivity index (χ2n) is 12.7. The monoisotopic (exact) mass is 552 g/mol. The number of aromatic amines is 2. The Kier molecular flexibility index (Phi) is 7.67. The summed E-state index contributed by atoms with van der Waals surface area (Å²) in [5.41, 5.74) is 9.52. The van der Waals surface area contributed by atoms with Crippen molar-refractivity contribution in [2.45, 2.75) is 62.9 Å². The summed E-state index contributed by atoms with van der Waals surface area (Å²) in [7, 11) is 2.93. The fourth-order valence-electron chi connectivity index (χ4n) is 6.39. The number of benzene rings is 2. The van der Waals surface area contributed by atoms with Gasteiger partial charge in [-0.1, -0.05) is 116 Å². The van der Waals surface area contributed by atoms with Crippen molar-refractivity contribution in [1.29, 1.82) is 0 Å². The summed E-state index contributed by atoms with van der Waals surface area (Å²) in [6.45, 7) is 14.6. The molecular formula is C35H42N2P2. The highest BCUT2D eigenvalue weighted by molar-refractivity contribution is 7.61. The van der Waals surface area contributed by atoms with E-state index in [9.17, 15) is 0 Å². The van der Waals surface area contributed by atoms with Crippen molar-refractivity contribution < 1.29 is 0 Å². The summed E-state index contributed by atoms with van der Waals surface area (Å²) in [6, 6.07) is 26.6. The molecule has 0 saturated carbocycles. The predicted molar refractivity (Wildman–Crippen MR) is 174 cm³/mol. The minimum absolute atomic E-state index is 0.205. The molecule has 2 N–H and O–H groups in total. The topological polar surface area (TPSA) is 31.6 Å². The summed E-state index contributed by atoms with van der Waals surface area (Å²) in [4.78, 5) is 6.70. The number of allylic oxidation sites excluding steroid dienone is 4. The maximum atomic E-state index is 3.35. The molecule has 0 spiro atoms. The van der Waals surface area contributed by atoms with Crippen molar-refractivity contribution in [1.82, 2.24) is 9.97 Å². The van der Waals surface area contributed by atoms with E-state index < -0.39 is 0 Å². The van der Waals surface area contributed by atoms with Crippen molar-refractivity contribution in [2.75, 3.05) is 6.16 Å². The fraction of sp³-hybridized carbons (Fsp3) is 0.314. The number of H-pyrrole nitrogens is 2. The molecule has 2 aromatic carbocycles. The molecular weight excluding hydrogens is 510 g/mol. The lowest BCUT2D eigenvalue weighted by Crippen LogP contribution is -2.29. The predicted octanol–water partition coefficient (Wildman–Crippen LogP) is 9.72. The number of hydrogen-bond donors (Lipinski definition) is 2. The van der Waals surface area contributed by atoms with Crippen LogP contribution in [0.4, 0.5) is 0 Å². The van der Waals surface area contributed by atoms with Gasteiger partial charge in [0.25, 0.3) is 0 Å². The fourth-order valence-corrected chi connectivity index (χ4v) is 10.7. The molecule has 0 radical (unpaired) electrons. The van der Waals surface area contributed by atoms with Crippen LogP contribution in [0.25, 0.3) is 5.57 Å². The summed E-state index contributed by atoms with van der Waals surface area (Å²) in [6.07, 6.45) is 12.0. The average molecular weight is 553 g/mol. The van der Waals surface area contributed by atoms with Gasteiger partial charge in [-0.2, -0.15) is 0 Å². The molecule has 2 aromatic heterocycles. The Balaban J connectivity index is 1.83. The molecule has 2 atom stereocenters. The van der Waals surface area contributed by atoms with E-state index in [2.05, 4.69) is 152 Å². The van der Waals surface area contributed by atoms with Gasteiger partial charge in [0.2, 0.25) is 0 Å². The van der Waals surface area contributed by atoms with Gasteiger partial charge < -0.3 is 9.97 Å². The lowest BCUT2D eigenvalue weighted by molar-refractivity contribution is 0.704. The van der Waals surface area contributed by atoms with Gasteiger partial charge in [-0.25, -0.2) is 0 Å². The smallest absolute Gasteiger partial charge is 0.0621 e. The van der Waals surface area contributed by atoms with E-state index in [1.54, 1.807) is 5.57 Å². The van der Waals surface area contributed by atoms with E-state index in [1.165, 1.54) is 33.4 Å². The zero-order chi connectivity index (χ0) is 27.8. The highest BCUT2D eigenvalue weighted by Crippen LogP contribution is 2.64. The van der Waals surface area contributed by atoms with E-state index >= 15 is 0 Å². The molecule has 4 aromatic rings. The second kappa shape index (κ2) is 10.7. The van der Waals surface area contributed by atoms with Gasteiger partial charge in [-0.15, -0.1) is 9.24 Å². The van der Waals surface area contributed by atoms with Crippen LogP contribution in [0, 0.1) is 0 Å². The van der Waals surface area contributed by atoms with E-state index in [0.717, 1.165) is 6.16 Å². The van der Waals surface area contributed by atoms with Crippen LogP contribution in [0.15, 0.2) is 115 Å². The molecule has 2 heterocycles. The summed E-state index contributed by atoms with van der Waals surface area (Å²) >= 11 is 0. The number of hydrogen-bond acceptors (Lipinski definition) is 0. The number of nitrogens with one attached hydrogen (secondary N) is 2. The first-order valence-electron chi connectivity index (χ1n) is 13.9. The van der Waals surface area contributed by atoms with Gasteiger partial charge in [-0.3, -0.25) is 0 Å². The third-order valence-electron chi connectivity index (χ3n) is 8.02. The molecule has 0 aliphatic heterocycles. The lowest BCUT2D eigenvalue weighted by Gasteiger charge is -2.43. The molecule has 202 valence electrons. The van der Waals surface area contributed by atoms with Crippen LogP contribution in [0.5, 0.6) is 0 Å². The Labute approximate surface area is 238 Å². The SMILES string of the molecule is CC(C)(C)P(CC1=C(C(P)(c2cc[nH]c2)c2cc[nH]c2)C=C(c2ccccc2)C1c1ccccc1)C(C)(C)C. The van der Waals surface area contributed by atoms with Crippen LogP contribution >= 0.6 is 17.2 Å². The second-order valence-corrected chi connectivity index (χ2v) is 17.4. The molecule has 2 unspecified atom stereocenters. The molecule has 0 bridgehead atoms. The molecule has 1 aliphatic rings. The van der Waals surface area contributed by atoms with E-state index in [4.69, 9.17) is 0 Å². The van der Waals surface area contributed by atoms with E-state index in [-0.39, 0.29) is 29.3 Å². The molecule has 0 fully saturated rings. The normalized spacial score (nSPS) is 16.7. The molecule has 0 amide bonds. The van der Waals surface area contributed by atoms with Gasteiger partial charge in [0, 0.05) is 30.7 Å². The first-order chi connectivity index (χ1) is 18.5. The summed E-state index contributed by atoms with van der Waals surface area (Å²) in [5, 5.41) is 0.0535. The maximum absolute atomic E-state index is 3.35. The first-order valence-corrected chi connectivity index (χ1v) is 16.0. The van der Waals surface area contributed by atoms with E-state index in [1.807, 2.05) is 12.4 Å². The minimum Gasteiger partial charge on any atom is -0.367 e. The highest BCUT2D eigenvalue weighted by atomic mass is 31.1. The largest absolute Gasteiger partial charge is 0.367 e. The van der Waals surface area contributed by atoms with Gasteiger partial charge in [0.05, 0.1) is 5.16 Å². The van der Waals surface area contributed by atoms with Crippen LogP contribution in [0.1, 0.15) is 69.7 Å². The van der Waals surface area contributed by atoms with Crippen LogP contribution in [0.2, 0.25) is 0 Å². The molecule has 1 aliphatic carbocycles. The number of rotatable bonds is 7. The Morgan fingerprint density at radius 1 is 0.718 bits per heavy atom. The molecule has 4 heteroatoms. The van der Waals surface area contributed by atoms with Crippen LogP contribution in [-0.2, 0) is 5.16 Å². The van der Waals surface area contributed by atoms with Gasteiger partial charge >= 0.3 is 0 Å². The molecule has 0 saturated heterocycles. The molecule has 39 heavy (non-hydrogen) atoms. The maximum Gasteiger partial charge on any atom is 0.0621 e. The standard InChI is InChI=1S/C35H42N2P2/c1-33(2,3)39(34(4,5)6)24-30-31(35(38,27-17-19-36-22-27)28-18-20-37-23-28)21-29(25-13-9-7-10-14-25)32(30)26-15-11-8-12-16-26/h7-23,32,36-37H,24,38H2,1-6H3. The Morgan fingerprint density at radius 3 is 1.69 bits per heavy atom. The van der Waals surface area contributed by atoms with E-state index in [0.29, 0.717) is 0 Å². The molecule has 2 nitrogen and oxygen atoms in total. The Morgan fingerprint density at radius 2 is 1.23 bits per heavy atom. The molecule has 5 rings (SSSR count). The Hall–Kier alpha value is -2.66. The van der Waals surface area contributed by atoms with Crippen molar-refractivity contribution in [2.24, 2.45) is 0 Å². The summed E-state index contributed by atoms with van der Waals surface area (Å²) in [5.74, 6) is 0.205. The van der Waals surface area contributed by atoms with Crippen molar-refractivity contribution in [3.05, 3.63) is 137 Å². The average Bonchev–Trinajstić information content (AvgIpc) is 3.68. The van der Waals surface area contributed by atoms with Crippen molar-refractivity contribution in [3.8, 4) is 0 Å². The summed E-state index contributed by atoms with van der Waals surface area (Å²) < 4.78 is 0. The van der Waals surface area contributed by atoms with Gasteiger partial charge in [-0.05, 0) is 67.6 Å². The zero-order valence-electron chi connectivity index (χ0n) is 24.1.